The zero-order valence-electron chi connectivity index (χ0n) is 16.8. The van der Waals surface area contributed by atoms with Gasteiger partial charge in [0.2, 0.25) is 0 Å². The zero-order valence-corrected chi connectivity index (χ0v) is 16.8. The Kier molecular flexibility index (Phi) is 6.15. The van der Waals surface area contributed by atoms with Gasteiger partial charge < -0.3 is 19.3 Å². The second kappa shape index (κ2) is 8.77. The van der Waals surface area contributed by atoms with Crippen LogP contribution in [-0.4, -0.2) is 42.1 Å². The van der Waals surface area contributed by atoms with Crippen molar-refractivity contribution >= 4 is 28.6 Å². The number of fused-ring (bicyclic) bond motifs is 3. The summed E-state index contributed by atoms with van der Waals surface area (Å²) in [6.07, 6.45) is 7.53. The molecule has 30 heavy (non-hydrogen) atoms. The number of hydrogen-bond donors (Lipinski definition) is 2. The molecule has 1 aromatic carbocycles. The Balaban J connectivity index is 0.000000275. The van der Waals surface area contributed by atoms with Gasteiger partial charge in [0.1, 0.15) is 0 Å². The van der Waals surface area contributed by atoms with Gasteiger partial charge in [0.25, 0.3) is 0 Å². The first-order valence-electron chi connectivity index (χ1n) is 9.49. The number of ketones is 1. The number of benzene rings is 1. The predicted octanol–water partition coefficient (Wildman–Crippen LogP) is 2.61. The van der Waals surface area contributed by atoms with Gasteiger partial charge >= 0.3 is 11.9 Å². The summed E-state index contributed by atoms with van der Waals surface area (Å²) in [5, 5.41) is 16.7. The lowest BCUT2D eigenvalue weighted by Crippen LogP contribution is -2.25. The number of nitrogens with zero attached hydrogens (tertiary/aromatic N) is 3. The number of para-hydroxylation sites is 1. The van der Waals surface area contributed by atoms with Crippen molar-refractivity contribution < 1.29 is 24.6 Å². The van der Waals surface area contributed by atoms with Gasteiger partial charge in [-0.2, -0.15) is 0 Å². The van der Waals surface area contributed by atoms with Crippen LogP contribution >= 0.6 is 0 Å². The molecule has 1 aliphatic rings. The minimum absolute atomic E-state index is 0.0493. The van der Waals surface area contributed by atoms with Crippen molar-refractivity contribution in [2.45, 2.75) is 19.3 Å². The molecule has 0 amide bonds. The minimum Gasteiger partial charge on any atom is -0.478 e. The van der Waals surface area contributed by atoms with E-state index in [4.69, 9.17) is 10.2 Å². The van der Waals surface area contributed by atoms with Crippen LogP contribution in [0.15, 0.2) is 48.9 Å². The number of imidazole rings is 1. The minimum atomic E-state index is -1.26. The summed E-state index contributed by atoms with van der Waals surface area (Å²) in [4.78, 5) is 36.5. The average Bonchev–Trinajstić information content (AvgIpc) is 3.24. The van der Waals surface area contributed by atoms with Gasteiger partial charge in [0.15, 0.2) is 5.78 Å². The molecule has 156 valence electrons. The molecule has 0 saturated heterocycles. The average molecular weight is 409 g/mol. The van der Waals surface area contributed by atoms with Crippen LogP contribution in [0.25, 0.3) is 10.9 Å². The Morgan fingerprint density at radius 3 is 2.43 bits per heavy atom. The number of aryl methyl sites for hydroxylation is 2. The molecule has 1 aliphatic carbocycles. The largest absolute Gasteiger partial charge is 0.478 e. The number of carboxylic acid groups (broad SMARTS) is 2. The third-order valence-corrected chi connectivity index (χ3v) is 5.16. The Morgan fingerprint density at radius 1 is 1.17 bits per heavy atom. The van der Waals surface area contributed by atoms with Gasteiger partial charge in [-0.1, -0.05) is 18.2 Å². The van der Waals surface area contributed by atoms with Gasteiger partial charge in [0, 0.05) is 66.9 Å². The molecular weight excluding hydrogens is 386 g/mol. The van der Waals surface area contributed by atoms with Crippen molar-refractivity contribution in [1.82, 2.24) is 14.1 Å². The lowest BCUT2D eigenvalue weighted by Gasteiger charge is -2.21. The van der Waals surface area contributed by atoms with Crippen molar-refractivity contribution in [3.8, 4) is 0 Å². The Morgan fingerprint density at radius 2 is 1.83 bits per heavy atom. The third kappa shape index (κ3) is 4.48. The lowest BCUT2D eigenvalue weighted by molar-refractivity contribution is -0.134. The molecule has 0 bridgehead atoms. The molecule has 8 nitrogen and oxygen atoms in total. The number of Topliss-reactive ketones (excluding diaryl/α,β-unsaturated/α-hetero) is 1. The van der Waals surface area contributed by atoms with E-state index in [1.165, 1.54) is 5.69 Å². The summed E-state index contributed by atoms with van der Waals surface area (Å²) in [5.74, 6) is -2.18. The van der Waals surface area contributed by atoms with Crippen LogP contribution in [0.3, 0.4) is 0 Å². The molecule has 1 unspecified atom stereocenters. The number of aliphatic carboxylic acids is 2. The summed E-state index contributed by atoms with van der Waals surface area (Å²) in [6.45, 7) is 0. The number of aromatic nitrogens is 3. The maximum absolute atomic E-state index is 13.0. The quantitative estimate of drug-likeness (QED) is 0.640. The SMILES string of the molecule is Cn1cnc(CC2CCc3c(c4ccccc4n3C)C2=O)c1.O=C(O)/C=C\C(=O)O. The summed E-state index contributed by atoms with van der Waals surface area (Å²) in [6, 6.07) is 8.20. The fourth-order valence-electron chi connectivity index (χ4n) is 3.82. The second-order valence-corrected chi connectivity index (χ2v) is 7.24. The summed E-state index contributed by atoms with van der Waals surface area (Å²) in [7, 11) is 4.02. The molecule has 2 heterocycles. The van der Waals surface area contributed by atoms with E-state index < -0.39 is 11.9 Å². The maximum Gasteiger partial charge on any atom is 0.328 e. The second-order valence-electron chi connectivity index (χ2n) is 7.24. The van der Waals surface area contributed by atoms with Crippen LogP contribution in [0.1, 0.15) is 28.2 Å². The molecule has 2 N–H and O–H groups in total. The van der Waals surface area contributed by atoms with Crippen LogP contribution in [0.4, 0.5) is 0 Å². The van der Waals surface area contributed by atoms with Crippen LogP contribution in [0.2, 0.25) is 0 Å². The molecule has 0 fully saturated rings. The number of hydrogen-bond acceptors (Lipinski definition) is 4. The smallest absolute Gasteiger partial charge is 0.328 e. The van der Waals surface area contributed by atoms with E-state index in [1.54, 1.807) is 6.33 Å². The predicted molar refractivity (Wildman–Crippen MR) is 110 cm³/mol. The van der Waals surface area contributed by atoms with Crippen molar-refractivity contribution in [2.24, 2.45) is 20.0 Å². The maximum atomic E-state index is 13.0. The third-order valence-electron chi connectivity index (χ3n) is 5.16. The summed E-state index contributed by atoms with van der Waals surface area (Å²) < 4.78 is 4.12. The highest BCUT2D eigenvalue weighted by Crippen LogP contribution is 2.34. The Labute approximate surface area is 173 Å². The Hall–Kier alpha value is -3.68. The van der Waals surface area contributed by atoms with E-state index in [0.717, 1.165) is 41.4 Å². The van der Waals surface area contributed by atoms with E-state index in [9.17, 15) is 14.4 Å². The van der Waals surface area contributed by atoms with Crippen LogP contribution < -0.4 is 0 Å². The molecule has 4 rings (SSSR count). The van der Waals surface area contributed by atoms with E-state index in [2.05, 4.69) is 28.7 Å². The molecule has 0 spiro atoms. The molecule has 2 aromatic heterocycles. The van der Waals surface area contributed by atoms with Crippen LogP contribution in [0, 0.1) is 5.92 Å². The molecule has 0 radical (unpaired) electrons. The highest BCUT2D eigenvalue weighted by Gasteiger charge is 2.32. The molecule has 3 aromatic rings. The van der Waals surface area contributed by atoms with Crippen LogP contribution in [-0.2, 0) is 36.5 Å². The molecule has 1 atom stereocenters. The fourth-order valence-corrected chi connectivity index (χ4v) is 3.82. The van der Waals surface area contributed by atoms with Gasteiger partial charge in [0.05, 0.1) is 12.0 Å². The Bertz CT molecular complexity index is 1120. The molecular formula is C22H23N3O5. The van der Waals surface area contributed by atoms with Gasteiger partial charge in [-0.15, -0.1) is 0 Å². The molecule has 0 aliphatic heterocycles. The van der Waals surface area contributed by atoms with Gasteiger partial charge in [-0.05, 0) is 18.9 Å². The van der Waals surface area contributed by atoms with E-state index in [-0.39, 0.29) is 11.7 Å². The molecule has 8 heteroatoms. The van der Waals surface area contributed by atoms with Gasteiger partial charge in [-0.25, -0.2) is 14.6 Å². The van der Waals surface area contributed by atoms with E-state index in [0.29, 0.717) is 12.2 Å². The summed E-state index contributed by atoms with van der Waals surface area (Å²) >= 11 is 0. The monoisotopic (exact) mass is 409 g/mol. The van der Waals surface area contributed by atoms with Crippen molar-refractivity contribution in [3.05, 3.63) is 65.9 Å². The summed E-state index contributed by atoms with van der Waals surface area (Å²) in [5.41, 5.74) is 4.28. The first-order valence-corrected chi connectivity index (χ1v) is 9.49. The van der Waals surface area contributed by atoms with Crippen LogP contribution in [0.5, 0.6) is 0 Å². The highest BCUT2D eigenvalue weighted by molar-refractivity contribution is 6.11. The number of rotatable bonds is 4. The topological polar surface area (TPSA) is 114 Å². The standard InChI is InChI=1S/C18H19N3O.C4H4O4/c1-20-10-13(19-11-20)9-12-7-8-16-17(18(12)22)14-5-3-4-6-15(14)21(16)2;5-3(6)1-2-4(7)8/h3-6,10-12H,7-9H2,1-2H3;1-2H,(H,5,6)(H,7,8)/b;2-1-. The van der Waals surface area contributed by atoms with Crippen molar-refractivity contribution in [2.75, 3.05) is 0 Å². The van der Waals surface area contributed by atoms with Crippen molar-refractivity contribution in [1.29, 1.82) is 0 Å². The van der Waals surface area contributed by atoms with E-state index >= 15 is 0 Å². The number of carbonyl (C=O) groups excluding carboxylic acids is 1. The number of carbonyl (C=O) groups is 3. The van der Waals surface area contributed by atoms with Gasteiger partial charge in [-0.3, -0.25) is 4.79 Å². The first-order chi connectivity index (χ1) is 14.3. The fraction of sp³-hybridized carbons (Fsp3) is 0.273. The number of carboxylic acids is 2. The zero-order chi connectivity index (χ0) is 21.8. The molecule has 0 saturated carbocycles. The lowest BCUT2D eigenvalue weighted by atomic mass is 9.82. The normalized spacial score (nSPS) is 15.7. The first kappa shape index (κ1) is 21.0. The van der Waals surface area contributed by atoms with E-state index in [1.807, 2.05) is 29.9 Å². The van der Waals surface area contributed by atoms with Crippen molar-refractivity contribution in [3.63, 3.8) is 0 Å². The highest BCUT2D eigenvalue weighted by atomic mass is 16.4.